The first-order valence-electron chi connectivity index (χ1n) is 4.58. The molecule has 4 nitrogen and oxygen atoms in total. The van der Waals surface area contributed by atoms with Gasteiger partial charge in [-0.2, -0.15) is 0 Å². The van der Waals surface area contributed by atoms with Crippen LogP contribution in [0.4, 0.5) is 0 Å². The zero-order chi connectivity index (χ0) is 10.4. The van der Waals surface area contributed by atoms with Gasteiger partial charge in [0, 0.05) is 18.9 Å². The Morgan fingerprint density at radius 1 is 1.64 bits per heavy atom. The smallest absolute Gasteiger partial charge is 0.237 e. The molecule has 4 heteroatoms. The summed E-state index contributed by atoms with van der Waals surface area (Å²) in [4.78, 5) is 15.3. The van der Waals surface area contributed by atoms with Gasteiger partial charge in [-0.05, 0) is 25.6 Å². The number of hydrogen-bond acceptors (Lipinski definition) is 3. The van der Waals surface area contributed by atoms with E-state index in [2.05, 4.69) is 15.6 Å². The first kappa shape index (κ1) is 10.7. The molecule has 1 aromatic rings. The van der Waals surface area contributed by atoms with Crippen LogP contribution >= 0.6 is 0 Å². The van der Waals surface area contributed by atoms with Crippen LogP contribution in [0.2, 0.25) is 0 Å². The van der Waals surface area contributed by atoms with Gasteiger partial charge in [-0.3, -0.25) is 9.78 Å². The molecule has 0 aliphatic heterocycles. The Bertz CT molecular complexity index is 287. The summed E-state index contributed by atoms with van der Waals surface area (Å²) in [6, 6.07) is 3.62. The molecular weight excluding hydrogens is 178 g/mol. The molecule has 14 heavy (non-hydrogen) atoms. The number of amides is 1. The number of carbonyl (C=O) groups excluding carboxylic acids is 1. The number of hydrogen-bond donors (Lipinski definition) is 2. The van der Waals surface area contributed by atoms with Crippen LogP contribution in [0.1, 0.15) is 12.5 Å². The van der Waals surface area contributed by atoms with Crippen molar-refractivity contribution in [2.75, 3.05) is 7.05 Å². The van der Waals surface area contributed by atoms with Crippen molar-refractivity contribution >= 4 is 5.91 Å². The lowest BCUT2D eigenvalue weighted by Gasteiger charge is -2.10. The van der Waals surface area contributed by atoms with E-state index < -0.39 is 0 Å². The van der Waals surface area contributed by atoms with Crippen LogP contribution in [0.25, 0.3) is 0 Å². The zero-order valence-electron chi connectivity index (χ0n) is 8.45. The fraction of sp³-hybridized carbons (Fsp3) is 0.400. The van der Waals surface area contributed by atoms with Crippen LogP contribution < -0.4 is 10.6 Å². The van der Waals surface area contributed by atoms with Gasteiger partial charge in [0.05, 0.1) is 6.04 Å². The van der Waals surface area contributed by atoms with Gasteiger partial charge >= 0.3 is 0 Å². The summed E-state index contributed by atoms with van der Waals surface area (Å²) in [5.74, 6) is -0.00338. The largest absolute Gasteiger partial charge is 0.351 e. The van der Waals surface area contributed by atoms with Crippen molar-refractivity contribution in [2.24, 2.45) is 0 Å². The van der Waals surface area contributed by atoms with Crippen molar-refractivity contribution in [1.82, 2.24) is 15.6 Å². The summed E-state index contributed by atoms with van der Waals surface area (Å²) in [6.45, 7) is 2.34. The van der Waals surface area contributed by atoms with Gasteiger partial charge in [0.1, 0.15) is 0 Å². The molecule has 0 saturated heterocycles. The number of aromatic nitrogens is 1. The first-order valence-corrected chi connectivity index (χ1v) is 4.58. The number of likely N-dealkylation sites (N-methyl/N-ethyl adjacent to an activating group) is 1. The van der Waals surface area contributed by atoms with Crippen molar-refractivity contribution in [3.63, 3.8) is 0 Å². The quantitative estimate of drug-likeness (QED) is 0.723. The van der Waals surface area contributed by atoms with Crippen molar-refractivity contribution in [2.45, 2.75) is 19.5 Å². The SMILES string of the molecule is CNC(C)C(=O)NCc1cccnc1. The highest BCUT2D eigenvalue weighted by molar-refractivity contribution is 5.81. The lowest BCUT2D eigenvalue weighted by atomic mass is 10.2. The van der Waals surface area contributed by atoms with E-state index >= 15 is 0 Å². The van der Waals surface area contributed by atoms with E-state index in [0.717, 1.165) is 5.56 Å². The van der Waals surface area contributed by atoms with Gasteiger partial charge in [-0.25, -0.2) is 0 Å². The number of nitrogens with one attached hydrogen (secondary N) is 2. The third-order valence-electron chi connectivity index (χ3n) is 2.02. The molecule has 1 heterocycles. The molecular formula is C10H15N3O. The molecule has 0 aliphatic rings. The maximum Gasteiger partial charge on any atom is 0.237 e. The highest BCUT2D eigenvalue weighted by Crippen LogP contribution is 1.94. The second kappa shape index (κ2) is 5.34. The highest BCUT2D eigenvalue weighted by Gasteiger charge is 2.08. The molecule has 1 rings (SSSR count). The number of nitrogens with zero attached hydrogens (tertiary/aromatic N) is 1. The molecule has 1 atom stereocenters. The van der Waals surface area contributed by atoms with Crippen LogP contribution in [0.5, 0.6) is 0 Å². The van der Waals surface area contributed by atoms with E-state index in [1.54, 1.807) is 19.4 Å². The molecule has 1 amide bonds. The fourth-order valence-electron chi connectivity index (χ4n) is 0.976. The Hall–Kier alpha value is -1.42. The van der Waals surface area contributed by atoms with E-state index in [4.69, 9.17) is 0 Å². The second-order valence-corrected chi connectivity index (χ2v) is 3.09. The van der Waals surface area contributed by atoms with Crippen LogP contribution in [0.15, 0.2) is 24.5 Å². The summed E-state index contributed by atoms with van der Waals surface area (Å²) in [5.41, 5.74) is 1.00. The maximum atomic E-state index is 11.4. The molecule has 0 spiro atoms. The Kier molecular flexibility index (Phi) is 4.07. The second-order valence-electron chi connectivity index (χ2n) is 3.09. The van der Waals surface area contributed by atoms with E-state index in [1.807, 2.05) is 19.1 Å². The van der Waals surface area contributed by atoms with Crippen molar-refractivity contribution < 1.29 is 4.79 Å². The first-order chi connectivity index (χ1) is 6.74. The summed E-state index contributed by atoms with van der Waals surface area (Å²) in [6.07, 6.45) is 3.45. The number of pyridine rings is 1. The maximum absolute atomic E-state index is 11.4. The van der Waals surface area contributed by atoms with Crippen LogP contribution in [-0.4, -0.2) is 24.0 Å². The minimum absolute atomic E-state index is 0.00338. The van der Waals surface area contributed by atoms with Gasteiger partial charge in [0.25, 0.3) is 0 Å². The van der Waals surface area contributed by atoms with E-state index in [-0.39, 0.29) is 11.9 Å². The monoisotopic (exact) mass is 193 g/mol. The molecule has 0 aromatic carbocycles. The van der Waals surface area contributed by atoms with Gasteiger partial charge in [0.2, 0.25) is 5.91 Å². The molecule has 0 radical (unpaired) electrons. The van der Waals surface area contributed by atoms with E-state index in [9.17, 15) is 4.79 Å². The molecule has 76 valence electrons. The normalized spacial score (nSPS) is 12.1. The Balaban J connectivity index is 2.38. The van der Waals surface area contributed by atoms with Gasteiger partial charge in [-0.15, -0.1) is 0 Å². The standard InChI is InChI=1S/C10H15N3O/c1-8(11-2)10(14)13-7-9-4-3-5-12-6-9/h3-6,8,11H,7H2,1-2H3,(H,13,14). The number of carbonyl (C=O) groups is 1. The zero-order valence-corrected chi connectivity index (χ0v) is 8.45. The molecule has 0 bridgehead atoms. The summed E-state index contributed by atoms with van der Waals surface area (Å²) >= 11 is 0. The van der Waals surface area contributed by atoms with E-state index in [0.29, 0.717) is 6.54 Å². The topological polar surface area (TPSA) is 54.0 Å². The van der Waals surface area contributed by atoms with Gasteiger partial charge in [0.15, 0.2) is 0 Å². The third kappa shape index (κ3) is 3.14. The Morgan fingerprint density at radius 2 is 2.43 bits per heavy atom. The minimum Gasteiger partial charge on any atom is -0.351 e. The minimum atomic E-state index is -0.160. The molecule has 0 aliphatic carbocycles. The average molecular weight is 193 g/mol. The summed E-state index contributed by atoms with van der Waals surface area (Å²) < 4.78 is 0. The van der Waals surface area contributed by atoms with Crippen LogP contribution in [-0.2, 0) is 11.3 Å². The summed E-state index contributed by atoms with van der Waals surface area (Å²) in [5, 5.41) is 5.68. The van der Waals surface area contributed by atoms with Crippen LogP contribution in [0, 0.1) is 0 Å². The van der Waals surface area contributed by atoms with Crippen LogP contribution in [0.3, 0.4) is 0 Å². The van der Waals surface area contributed by atoms with Gasteiger partial charge in [-0.1, -0.05) is 6.07 Å². The predicted octanol–water partition coefficient (Wildman–Crippen LogP) is 0.306. The summed E-state index contributed by atoms with van der Waals surface area (Å²) in [7, 11) is 1.76. The Labute approximate surface area is 83.7 Å². The van der Waals surface area contributed by atoms with E-state index in [1.165, 1.54) is 0 Å². The number of rotatable bonds is 4. The molecule has 1 aromatic heterocycles. The third-order valence-corrected chi connectivity index (χ3v) is 2.02. The molecule has 0 saturated carbocycles. The van der Waals surface area contributed by atoms with Gasteiger partial charge < -0.3 is 10.6 Å². The fourth-order valence-corrected chi connectivity index (χ4v) is 0.976. The highest BCUT2D eigenvalue weighted by atomic mass is 16.2. The van der Waals surface area contributed by atoms with Crippen molar-refractivity contribution in [1.29, 1.82) is 0 Å². The van der Waals surface area contributed by atoms with Crippen molar-refractivity contribution in [3.8, 4) is 0 Å². The predicted molar refractivity (Wildman–Crippen MR) is 54.6 cm³/mol. The lowest BCUT2D eigenvalue weighted by molar-refractivity contribution is -0.122. The van der Waals surface area contributed by atoms with Crippen molar-refractivity contribution in [3.05, 3.63) is 30.1 Å². The average Bonchev–Trinajstić information content (AvgIpc) is 2.26. The lowest BCUT2D eigenvalue weighted by Crippen LogP contribution is -2.39. The molecule has 1 unspecified atom stereocenters. The molecule has 0 fully saturated rings. The Morgan fingerprint density at radius 3 is 3.00 bits per heavy atom. The molecule has 2 N–H and O–H groups in total.